The molecule has 1 aliphatic carbocycles. The van der Waals surface area contributed by atoms with E-state index in [0.29, 0.717) is 30.3 Å². The Balaban J connectivity index is 1.57. The Morgan fingerprint density at radius 1 is 0.921 bits per heavy atom. The molecule has 2 atom stereocenters. The van der Waals surface area contributed by atoms with Crippen LogP contribution in [0.2, 0.25) is 0 Å². The fourth-order valence-corrected chi connectivity index (χ4v) is 4.24. The average Bonchev–Trinajstić information content (AvgIpc) is 3.69. The summed E-state index contributed by atoms with van der Waals surface area (Å²) in [4.78, 5) is 40.5. The van der Waals surface area contributed by atoms with Crippen molar-refractivity contribution in [2.75, 3.05) is 18.0 Å². The number of carbonyl (C=O) groups excluding carboxylic acids is 3. The van der Waals surface area contributed by atoms with Crippen molar-refractivity contribution < 1.29 is 40.7 Å². The number of alkyl halides is 6. The van der Waals surface area contributed by atoms with Crippen LogP contribution in [0.15, 0.2) is 48.5 Å². The number of fused-ring (bicyclic) bond motifs is 3. The van der Waals surface area contributed by atoms with Gasteiger partial charge in [-0.3, -0.25) is 14.4 Å². The minimum atomic E-state index is -5.84. The topological polar surface area (TPSA) is 78.5 Å². The fraction of sp³-hybridized carbons (Fsp3) is 0.423. The number of nitrogens with zero attached hydrogens (tertiary/aromatic N) is 1. The van der Waals surface area contributed by atoms with E-state index in [1.54, 1.807) is 47.8 Å². The first-order chi connectivity index (χ1) is 17.7. The number of halogens is 6. The van der Waals surface area contributed by atoms with Crippen molar-refractivity contribution in [1.29, 1.82) is 0 Å². The van der Waals surface area contributed by atoms with Crippen molar-refractivity contribution in [3.63, 3.8) is 0 Å². The molecular formula is C26H25F6N3O3. The van der Waals surface area contributed by atoms with Gasteiger partial charge in [-0.1, -0.05) is 42.5 Å². The van der Waals surface area contributed by atoms with E-state index in [1.807, 2.05) is 6.07 Å². The maximum absolute atomic E-state index is 15.3. The summed E-state index contributed by atoms with van der Waals surface area (Å²) in [5.41, 5.74) is -1.07. The van der Waals surface area contributed by atoms with Gasteiger partial charge in [-0.25, -0.2) is 4.39 Å². The lowest BCUT2D eigenvalue weighted by Crippen LogP contribution is -2.55. The van der Waals surface area contributed by atoms with Crippen molar-refractivity contribution in [2.45, 2.75) is 50.0 Å². The first-order valence-electron chi connectivity index (χ1n) is 12.0. The number of anilines is 1. The highest BCUT2D eigenvalue weighted by molar-refractivity contribution is 6.11. The molecule has 1 fully saturated rings. The Bertz CT molecular complexity index is 1240. The average molecular weight is 541 g/mol. The van der Waals surface area contributed by atoms with Crippen LogP contribution in [-0.4, -0.2) is 48.6 Å². The molecule has 2 aromatic carbocycles. The lowest BCUT2D eigenvalue weighted by Gasteiger charge is -2.28. The standard InChI is InChI=1S/C26H25F6N3O3/c1-24(27,22(37)33-13-12-25(28,29)26(30,31)32)23(38)34-20-18-8-3-2-6-16(18)17-7-4-5-9-19(17)35(21(20)36)14-15-10-11-15/h2-9,15,20H,10-14H2,1H3,(H,33,37)(H,34,38). The van der Waals surface area contributed by atoms with Gasteiger partial charge in [0.15, 0.2) is 0 Å². The maximum atomic E-state index is 15.3. The zero-order valence-electron chi connectivity index (χ0n) is 20.2. The second-order valence-electron chi connectivity index (χ2n) is 9.61. The molecule has 0 bridgehead atoms. The van der Waals surface area contributed by atoms with Crippen LogP contribution in [0.25, 0.3) is 11.1 Å². The van der Waals surface area contributed by atoms with E-state index in [9.17, 15) is 36.3 Å². The van der Waals surface area contributed by atoms with Crippen LogP contribution in [0.1, 0.15) is 37.8 Å². The summed E-state index contributed by atoms with van der Waals surface area (Å²) in [7, 11) is 0. The molecule has 0 saturated heterocycles. The predicted molar refractivity (Wildman–Crippen MR) is 126 cm³/mol. The van der Waals surface area contributed by atoms with Crippen molar-refractivity contribution in [2.24, 2.45) is 5.92 Å². The van der Waals surface area contributed by atoms with E-state index >= 15 is 4.39 Å². The highest BCUT2D eigenvalue weighted by Crippen LogP contribution is 2.42. The van der Waals surface area contributed by atoms with Gasteiger partial charge in [0.1, 0.15) is 6.04 Å². The summed E-state index contributed by atoms with van der Waals surface area (Å²) in [5, 5.41) is 3.90. The SMILES string of the molecule is CC(F)(C(=O)NCCC(F)(F)C(F)(F)F)C(=O)NC1C(=O)N(CC2CC2)c2ccccc2-c2ccccc21. The third-order valence-electron chi connectivity index (χ3n) is 6.68. The molecule has 1 aliphatic heterocycles. The third kappa shape index (κ3) is 5.34. The molecular weight excluding hydrogens is 516 g/mol. The van der Waals surface area contributed by atoms with Crippen molar-refractivity contribution >= 4 is 23.4 Å². The molecule has 2 aliphatic rings. The smallest absolute Gasteiger partial charge is 0.353 e. The van der Waals surface area contributed by atoms with Gasteiger partial charge in [0, 0.05) is 25.1 Å². The van der Waals surface area contributed by atoms with E-state index in [0.717, 1.165) is 18.4 Å². The van der Waals surface area contributed by atoms with Gasteiger partial charge in [0.2, 0.25) is 0 Å². The lowest BCUT2D eigenvalue weighted by molar-refractivity contribution is -0.283. The van der Waals surface area contributed by atoms with Crippen LogP contribution < -0.4 is 15.5 Å². The Hall–Kier alpha value is -3.57. The molecule has 2 aromatic rings. The molecule has 3 amide bonds. The second-order valence-corrected chi connectivity index (χ2v) is 9.61. The quantitative estimate of drug-likeness (QED) is 0.376. The number of nitrogens with one attached hydrogen (secondary N) is 2. The number of carbonyl (C=O) groups is 3. The van der Waals surface area contributed by atoms with Gasteiger partial charge in [-0.05, 0) is 42.9 Å². The number of benzene rings is 2. The zero-order chi connectivity index (χ0) is 27.9. The lowest BCUT2D eigenvalue weighted by atomic mass is 9.94. The summed E-state index contributed by atoms with van der Waals surface area (Å²) >= 11 is 0. The normalized spacial score (nSPS) is 19.1. The molecule has 2 unspecified atom stereocenters. The largest absolute Gasteiger partial charge is 0.453 e. The number of rotatable bonds is 8. The first kappa shape index (κ1) is 27.5. The van der Waals surface area contributed by atoms with Gasteiger partial charge in [-0.2, -0.15) is 22.0 Å². The molecule has 1 saturated carbocycles. The van der Waals surface area contributed by atoms with Gasteiger partial charge < -0.3 is 15.5 Å². The Morgan fingerprint density at radius 2 is 1.53 bits per heavy atom. The van der Waals surface area contributed by atoms with Crippen LogP contribution >= 0.6 is 0 Å². The van der Waals surface area contributed by atoms with E-state index in [4.69, 9.17) is 0 Å². The minimum absolute atomic E-state index is 0.261. The van der Waals surface area contributed by atoms with Gasteiger partial charge in [0.25, 0.3) is 23.4 Å². The van der Waals surface area contributed by atoms with Gasteiger partial charge in [0.05, 0.1) is 5.69 Å². The minimum Gasteiger partial charge on any atom is -0.353 e. The number of para-hydroxylation sites is 1. The summed E-state index contributed by atoms with van der Waals surface area (Å²) < 4.78 is 78.6. The van der Waals surface area contributed by atoms with Crippen molar-refractivity contribution in [3.05, 3.63) is 54.1 Å². The second kappa shape index (κ2) is 9.95. The summed E-state index contributed by atoms with van der Waals surface area (Å²) in [6, 6.07) is 12.4. The summed E-state index contributed by atoms with van der Waals surface area (Å²) in [5.74, 6) is -8.64. The van der Waals surface area contributed by atoms with Crippen LogP contribution in [0, 0.1) is 5.92 Å². The number of hydrogen-bond donors (Lipinski definition) is 2. The third-order valence-corrected chi connectivity index (χ3v) is 6.68. The fourth-order valence-electron chi connectivity index (χ4n) is 4.24. The van der Waals surface area contributed by atoms with E-state index in [1.165, 1.54) is 4.90 Å². The summed E-state index contributed by atoms with van der Waals surface area (Å²) in [6.07, 6.45) is -5.83. The van der Waals surface area contributed by atoms with Crippen LogP contribution in [0.5, 0.6) is 0 Å². The molecule has 1 heterocycles. The van der Waals surface area contributed by atoms with Gasteiger partial charge >= 0.3 is 12.1 Å². The molecule has 0 radical (unpaired) electrons. The first-order valence-corrected chi connectivity index (χ1v) is 12.0. The number of amides is 3. The Kier molecular flexibility index (Phi) is 7.19. The van der Waals surface area contributed by atoms with E-state index < -0.39 is 54.5 Å². The molecule has 6 nitrogen and oxygen atoms in total. The van der Waals surface area contributed by atoms with Crippen LogP contribution in [0.3, 0.4) is 0 Å². The molecule has 2 N–H and O–H groups in total. The molecule has 0 spiro atoms. The molecule has 204 valence electrons. The molecule has 0 aromatic heterocycles. The zero-order valence-corrected chi connectivity index (χ0v) is 20.2. The van der Waals surface area contributed by atoms with Crippen LogP contribution in [-0.2, 0) is 14.4 Å². The summed E-state index contributed by atoms with van der Waals surface area (Å²) in [6.45, 7) is -0.311. The van der Waals surface area contributed by atoms with Crippen LogP contribution in [0.4, 0.5) is 32.0 Å². The monoisotopic (exact) mass is 541 g/mol. The Morgan fingerprint density at radius 3 is 2.16 bits per heavy atom. The maximum Gasteiger partial charge on any atom is 0.453 e. The highest BCUT2D eigenvalue weighted by atomic mass is 19.4. The highest BCUT2D eigenvalue weighted by Gasteiger charge is 2.57. The van der Waals surface area contributed by atoms with Crippen molar-refractivity contribution in [3.8, 4) is 11.1 Å². The Labute approximate surface area is 214 Å². The van der Waals surface area contributed by atoms with Crippen molar-refractivity contribution in [1.82, 2.24) is 10.6 Å². The predicted octanol–water partition coefficient (Wildman–Crippen LogP) is 4.70. The number of hydrogen-bond acceptors (Lipinski definition) is 3. The van der Waals surface area contributed by atoms with Gasteiger partial charge in [-0.15, -0.1) is 0 Å². The molecule has 12 heteroatoms. The molecule has 38 heavy (non-hydrogen) atoms. The van der Waals surface area contributed by atoms with E-state index in [-0.39, 0.29) is 5.92 Å². The van der Waals surface area contributed by atoms with E-state index in [2.05, 4.69) is 5.32 Å². The molecule has 4 rings (SSSR count).